The highest BCUT2D eigenvalue weighted by Gasteiger charge is 2.23. The smallest absolute Gasteiger partial charge is 0.257 e. The lowest BCUT2D eigenvalue weighted by Crippen LogP contribution is -2.48. The van der Waals surface area contributed by atoms with E-state index in [-0.39, 0.29) is 11.8 Å². The minimum absolute atomic E-state index is 0.0476. The number of rotatable bonds is 4. The van der Waals surface area contributed by atoms with Gasteiger partial charge in [-0.15, -0.1) is 0 Å². The van der Waals surface area contributed by atoms with Gasteiger partial charge in [0.25, 0.3) is 11.8 Å². The van der Waals surface area contributed by atoms with Gasteiger partial charge >= 0.3 is 0 Å². The van der Waals surface area contributed by atoms with Crippen LogP contribution in [0.3, 0.4) is 0 Å². The normalized spacial score (nSPS) is 13.7. The molecule has 2 aromatic carbocycles. The van der Waals surface area contributed by atoms with Gasteiger partial charge in [0, 0.05) is 54.3 Å². The highest BCUT2D eigenvalue weighted by molar-refractivity contribution is 9.10. The molecule has 0 atom stereocenters. The SMILES string of the molecule is O=C(Nc1ccc(N2CCN(C(=O)c3ccccc3)CC2)c(Cl)c1)c1cncc(Br)c1. The molecule has 4 rings (SSSR count). The Morgan fingerprint density at radius 3 is 2.35 bits per heavy atom. The van der Waals surface area contributed by atoms with Crippen LogP contribution in [0.4, 0.5) is 11.4 Å². The van der Waals surface area contributed by atoms with Crippen molar-refractivity contribution in [3.05, 3.63) is 87.6 Å². The summed E-state index contributed by atoms with van der Waals surface area (Å²) >= 11 is 9.83. The maximum atomic E-state index is 12.6. The third-order valence-electron chi connectivity index (χ3n) is 5.10. The second-order valence-corrected chi connectivity index (χ2v) is 8.48. The zero-order chi connectivity index (χ0) is 21.8. The van der Waals surface area contributed by atoms with Gasteiger partial charge < -0.3 is 15.1 Å². The van der Waals surface area contributed by atoms with E-state index in [1.165, 1.54) is 6.20 Å². The number of piperazine rings is 1. The lowest BCUT2D eigenvalue weighted by Gasteiger charge is -2.36. The predicted octanol–water partition coefficient (Wildman–Crippen LogP) is 4.71. The van der Waals surface area contributed by atoms with E-state index in [0.717, 1.165) is 10.2 Å². The second kappa shape index (κ2) is 9.49. The summed E-state index contributed by atoms with van der Waals surface area (Å²) in [6.07, 6.45) is 3.13. The molecule has 0 bridgehead atoms. The monoisotopic (exact) mass is 498 g/mol. The first-order chi connectivity index (χ1) is 15.0. The molecule has 0 radical (unpaired) electrons. The minimum atomic E-state index is -0.259. The number of nitrogens with one attached hydrogen (secondary N) is 1. The molecule has 1 aliphatic heterocycles. The molecule has 0 aliphatic carbocycles. The minimum Gasteiger partial charge on any atom is -0.367 e. The van der Waals surface area contributed by atoms with Crippen molar-refractivity contribution in [2.75, 3.05) is 36.4 Å². The molecule has 158 valence electrons. The number of hydrogen-bond acceptors (Lipinski definition) is 4. The fraction of sp³-hybridized carbons (Fsp3) is 0.174. The van der Waals surface area contributed by atoms with Crippen LogP contribution in [-0.4, -0.2) is 47.9 Å². The Balaban J connectivity index is 1.39. The lowest BCUT2D eigenvalue weighted by molar-refractivity contribution is 0.0746. The Hall–Kier alpha value is -2.90. The highest BCUT2D eigenvalue weighted by atomic mass is 79.9. The predicted molar refractivity (Wildman–Crippen MR) is 126 cm³/mol. The van der Waals surface area contributed by atoms with Crippen LogP contribution in [0.5, 0.6) is 0 Å². The Labute approximate surface area is 194 Å². The third kappa shape index (κ3) is 5.06. The summed E-state index contributed by atoms with van der Waals surface area (Å²) in [6, 6.07) is 16.5. The van der Waals surface area contributed by atoms with Gasteiger partial charge in [-0.05, 0) is 52.3 Å². The molecule has 8 heteroatoms. The van der Waals surface area contributed by atoms with Crippen LogP contribution in [0.25, 0.3) is 0 Å². The molecular formula is C23H20BrClN4O2. The number of carbonyl (C=O) groups excluding carboxylic acids is 2. The van der Waals surface area contributed by atoms with Gasteiger partial charge in [-0.25, -0.2) is 0 Å². The summed E-state index contributed by atoms with van der Waals surface area (Å²) in [7, 11) is 0. The van der Waals surface area contributed by atoms with E-state index in [1.54, 1.807) is 18.3 Å². The van der Waals surface area contributed by atoms with Gasteiger partial charge in [-0.1, -0.05) is 29.8 Å². The van der Waals surface area contributed by atoms with Gasteiger partial charge in [0.2, 0.25) is 0 Å². The molecule has 0 unspecified atom stereocenters. The molecule has 1 aliphatic rings. The quantitative estimate of drug-likeness (QED) is 0.564. The first kappa shape index (κ1) is 21.3. The van der Waals surface area contributed by atoms with Crippen LogP contribution >= 0.6 is 27.5 Å². The summed E-state index contributed by atoms with van der Waals surface area (Å²) < 4.78 is 0.735. The number of amides is 2. The summed E-state index contributed by atoms with van der Waals surface area (Å²) in [5, 5.41) is 3.39. The van der Waals surface area contributed by atoms with E-state index < -0.39 is 0 Å². The summed E-state index contributed by atoms with van der Waals surface area (Å²) in [5.41, 5.74) is 2.65. The van der Waals surface area contributed by atoms with E-state index in [1.807, 2.05) is 47.4 Å². The summed E-state index contributed by atoms with van der Waals surface area (Å²) in [4.78, 5) is 33.1. The number of pyridine rings is 1. The second-order valence-electron chi connectivity index (χ2n) is 7.16. The number of carbonyl (C=O) groups is 2. The van der Waals surface area contributed by atoms with Crippen molar-refractivity contribution < 1.29 is 9.59 Å². The largest absolute Gasteiger partial charge is 0.367 e. The van der Waals surface area contributed by atoms with Crippen LogP contribution in [-0.2, 0) is 0 Å². The van der Waals surface area contributed by atoms with E-state index >= 15 is 0 Å². The third-order valence-corrected chi connectivity index (χ3v) is 5.84. The highest BCUT2D eigenvalue weighted by Crippen LogP contribution is 2.30. The fourth-order valence-electron chi connectivity index (χ4n) is 3.49. The average Bonchev–Trinajstić information content (AvgIpc) is 2.79. The van der Waals surface area contributed by atoms with Crippen molar-refractivity contribution in [3.63, 3.8) is 0 Å². The fourth-order valence-corrected chi connectivity index (χ4v) is 4.16. The van der Waals surface area contributed by atoms with Crippen molar-refractivity contribution in [1.29, 1.82) is 0 Å². The van der Waals surface area contributed by atoms with E-state index in [2.05, 4.69) is 31.1 Å². The molecule has 2 amide bonds. The standard InChI is InChI=1S/C23H20BrClN4O2/c24-18-12-17(14-26-15-18)22(30)27-19-6-7-21(20(25)13-19)28-8-10-29(11-9-28)23(31)16-4-2-1-3-5-16/h1-7,12-15H,8-11H2,(H,27,30). The van der Waals surface area contributed by atoms with Gasteiger partial charge in [-0.2, -0.15) is 0 Å². The van der Waals surface area contributed by atoms with Crippen molar-refractivity contribution in [1.82, 2.24) is 9.88 Å². The average molecular weight is 500 g/mol. The van der Waals surface area contributed by atoms with Gasteiger partial charge in [-0.3, -0.25) is 14.6 Å². The van der Waals surface area contributed by atoms with Crippen molar-refractivity contribution >= 4 is 50.7 Å². The topological polar surface area (TPSA) is 65.5 Å². The van der Waals surface area contributed by atoms with Crippen molar-refractivity contribution in [3.8, 4) is 0 Å². The zero-order valence-electron chi connectivity index (χ0n) is 16.6. The number of hydrogen-bond donors (Lipinski definition) is 1. The molecular weight excluding hydrogens is 480 g/mol. The number of benzene rings is 2. The molecule has 1 aromatic heterocycles. The van der Waals surface area contributed by atoms with E-state index in [4.69, 9.17) is 11.6 Å². The Bertz CT molecular complexity index is 1100. The molecule has 6 nitrogen and oxygen atoms in total. The number of nitrogens with zero attached hydrogens (tertiary/aromatic N) is 3. The molecule has 31 heavy (non-hydrogen) atoms. The molecule has 3 aromatic rings. The molecule has 1 fully saturated rings. The van der Waals surface area contributed by atoms with E-state index in [0.29, 0.717) is 48.0 Å². The molecule has 2 heterocycles. The van der Waals surface area contributed by atoms with Crippen LogP contribution in [0.1, 0.15) is 20.7 Å². The number of anilines is 2. The van der Waals surface area contributed by atoms with Crippen LogP contribution in [0, 0.1) is 0 Å². The Morgan fingerprint density at radius 1 is 0.935 bits per heavy atom. The van der Waals surface area contributed by atoms with Crippen LogP contribution < -0.4 is 10.2 Å². The molecule has 0 saturated carbocycles. The number of aromatic nitrogens is 1. The summed E-state index contributed by atoms with van der Waals surface area (Å²) in [5.74, 6) is -0.211. The maximum absolute atomic E-state index is 12.6. The Morgan fingerprint density at radius 2 is 1.68 bits per heavy atom. The van der Waals surface area contributed by atoms with Crippen LogP contribution in [0.2, 0.25) is 5.02 Å². The molecule has 0 spiro atoms. The van der Waals surface area contributed by atoms with Gasteiger partial charge in [0.15, 0.2) is 0 Å². The van der Waals surface area contributed by atoms with Crippen molar-refractivity contribution in [2.24, 2.45) is 0 Å². The molecule has 1 saturated heterocycles. The zero-order valence-corrected chi connectivity index (χ0v) is 18.9. The lowest BCUT2D eigenvalue weighted by atomic mass is 10.1. The Kier molecular flexibility index (Phi) is 6.53. The maximum Gasteiger partial charge on any atom is 0.257 e. The first-order valence-electron chi connectivity index (χ1n) is 9.82. The van der Waals surface area contributed by atoms with Gasteiger partial charge in [0.1, 0.15) is 0 Å². The molecule has 1 N–H and O–H groups in total. The van der Waals surface area contributed by atoms with Gasteiger partial charge in [0.05, 0.1) is 16.3 Å². The first-order valence-corrected chi connectivity index (χ1v) is 11.0. The van der Waals surface area contributed by atoms with E-state index in [9.17, 15) is 9.59 Å². The van der Waals surface area contributed by atoms with Crippen LogP contribution in [0.15, 0.2) is 71.5 Å². The van der Waals surface area contributed by atoms with Crippen molar-refractivity contribution in [2.45, 2.75) is 0 Å². The summed E-state index contributed by atoms with van der Waals surface area (Å²) in [6.45, 7) is 2.62. The number of halogens is 2.